The van der Waals surface area contributed by atoms with Gasteiger partial charge in [0, 0.05) is 13.0 Å². The van der Waals surface area contributed by atoms with Gasteiger partial charge in [0.15, 0.2) is 0 Å². The summed E-state index contributed by atoms with van der Waals surface area (Å²) >= 11 is 5.13. The predicted molar refractivity (Wildman–Crippen MR) is 61.8 cm³/mol. The second-order valence-corrected chi connectivity index (χ2v) is 4.11. The molecule has 1 atom stereocenters. The van der Waals surface area contributed by atoms with Gasteiger partial charge in [-0.05, 0) is 25.8 Å². The molecule has 0 aromatic carbocycles. The zero-order valence-electron chi connectivity index (χ0n) is 7.99. The van der Waals surface area contributed by atoms with Crippen LogP contribution in [0.25, 0.3) is 0 Å². The molecule has 0 unspecified atom stereocenters. The first-order chi connectivity index (χ1) is 6.29. The van der Waals surface area contributed by atoms with E-state index in [0.29, 0.717) is 0 Å². The average molecular weight is 235 g/mol. The standard InChI is InChI=1S/C9H14N2OS.ClH/c12-9(7-3-1-5-10-7)11-6-2-4-8(11)13;/h7,10H,1-6H2;1H/t7-;/m0./s1. The van der Waals surface area contributed by atoms with Gasteiger partial charge in [-0.15, -0.1) is 12.4 Å². The zero-order valence-corrected chi connectivity index (χ0v) is 9.62. The number of halogens is 1. The number of carbonyl (C=O) groups is 1. The molecule has 3 nitrogen and oxygen atoms in total. The lowest BCUT2D eigenvalue weighted by molar-refractivity contribution is -0.128. The molecule has 5 heteroatoms. The number of hydrogen-bond acceptors (Lipinski definition) is 3. The fraction of sp³-hybridized carbons (Fsp3) is 0.778. The molecule has 0 aromatic heterocycles. The highest BCUT2D eigenvalue weighted by Gasteiger charge is 2.30. The van der Waals surface area contributed by atoms with Crippen LogP contribution < -0.4 is 5.32 Å². The third-order valence-electron chi connectivity index (χ3n) is 2.70. The molecule has 2 heterocycles. The molecule has 2 aliphatic rings. The van der Waals surface area contributed by atoms with E-state index in [4.69, 9.17) is 12.2 Å². The van der Waals surface area contributed by atoms with Crippen molar-refractivity contribution in [3.63, 3.8) is 0 Å². The van der Waals surface area contributed by atoms with E-state index in [2.05, 4.69) is 5.32 Å². The lowest BCUT2D eigenvalue weighted by Crippen LogP contribution is -2.43. The van der Waals surface area contributed by atoms with Gasteiger partial charge in [-0.3, -0.25) is 4.79 Å². The zero-order chi connectivity index (χ0) is 9.26. The molecule has 2 aliphatic heterocycles. The molecule has 1 amide bonds. The van der Waals surface area contributed by atoms with Crippen molar-refractivity contribution >= 4 is 35.5 Å². The summed E-state index contributed by atoms with van der Waals surface area (Å²) in [4.78, 5) is 14.4. The Balaban J connectivity index is 0.000000980. The largest absolute Gasteiger partial charge is 0.306 e. The number of amides is 1. The molecule has 0 aliphatic carbocycles. The second kappa shape index (κ2) is 5.05. The third kappa shape index (κ3) is 2.24. The van der Waals surface area contributed by atoms with Crippen LogP contribution in [0.1, 0.15) is 25.7 Å². The number of rotatable bonds is 1. The number of likely N-dealkylation sites (tertiary alicyclic amines) is 1. The van der Waals surface area contributed by atoms with Crippen LogP contribution in [0.4, 0.5) is 0 Å². The summed E-state index contributed by atoms with van der Waals surface area (Å²) in [6, 6.07) is 0.0380. The van der Waals surface area contributed by atoms with Crippen molar-refractivity contribution in [3.8, 4) is 0 Å². The van der Waals surface area contributed by atoms with Crippen LogP contribution >= 0.6 is 24.6 Å². The molecule has 0 radical (unpaired) electrons. The van der Waals surface area contributed by atoms with Gasteiger partial charge in [0.05, 0.1) is 11.0 Å². The Morgan fingerprint density at radius 1 is 1.50 bits per heavy atom. The van der Waals surface area contributed by atoms with Crippen LogP contribution in [0.2, 0.25) is 0 Å². The molecule has 0 bridgehead atoms. The Hall–Kier alpha value is -0.190. The topological polar surface area (TPSA) is 32.3 Å². The Kier molecular flexibility index (Phi) is 4.29. The first kappa shape index (κ1) is 11.9. The van der Waals surface area contributed by atoms with Gasteiger partial charge in [0.1, 0.15) is 0 Å². The van der Waals surface area contributed by atoms with Gasteiger partial charge in [-0.2, -0.15) is 0 Å². The molecule has 1 N–H and O–H groups in total. The van der Waals surface area contributed by atoms with Crippen LogP contribution in [-0.2, 0) is 4.79 Å². The van der Waals surface area contributed by atoms with E-state index in [0.717, 1.165) is 43.8 Å². The molecule has 14 heavy (non-hydrogen) atoms. The molecule has 0 spiro atoms. The highest BCUT2D eigenvalue weighted by atomic mass is 35.5. The minimum atomic E-state index is 0. The van der Waals surface area contributed by atoms with E-state index in [9.17, 15) is 4.79 Å². The molecular formula is C9H15ClN2OS. The smallest absolute Gasteiger partial charge is 0.244 e. The first-order valence-electron chi connectivity index (χ1n) is 4.86. The predicted octanol–water partition coefficient (Wildman–Crippen LogP) is 1.11. The van der Waals surface area contributed by atoms with Crippen LogP contribution in [0.5, 0.6) is 0 Å². The summed E-state index contributed by atoms with van der Waals surface area (Å²) in [6.45, 7) is 1.80. The molecular weight excluding hydrogens is 220 g/mol. The maximum Gasteiger partial charge on any atom is 0.244 e. The quantitative estimate of drug-likeness (QED) is 0.690. The maximum absolute atomic E-state index is 11.8. The molecule has 2 fully saturated rings. The summed E-state index contributed by atoms with van der Waals surface area (Å²) in [5.41, 5.74) is 0. The van der Waals surface area contributed by atoms with E-state index < -0.39 is 0 Å². The first-order valence-corrected chi connectivity index (χ1v) is 5.27. The van der Waals surface area contributed by atoms with Crippen molar-refractivity contribution in [2.75, 3.05) is 13.1 Å². The van der Waals surface area contributed by atoms with Crippen LogP contribution in [0.3, 0.4) is 0 Å². The Morgan fingerprint density at radius 2 is 2.29 bits per heavy atom. The van der Waals surface area contributed by atoms with Crippen molar-refractivity contribution < 1.29 is 4.79 Å². The van der Waals surface area contributed by atoms with Crippen molar-refractivity contribution in [1.29, 1.82) is 0 Å². The van der Waals surface area contributed by atoms with Crippen LogP contribution in [-0.4, -0.2) is 34.9 Å². The van der Waals surface area contributed by atoms with Crippen molar-refractivity contribution in [3.05, 3.63) is 0 Å². The minimum Gasteiger partial charge on any atom is -0.306 e. The van der Waals surface area contributed by atoms with E-state index in [1.807, 2.05) is 0 Å². The van der Waals surface area contributed by atoms with Gasteiger partial charge >= 0.3 is 0 Å². The lowest BCUT2D eigenvalue weighted by atomic mass is 10.2. The van der Waals surface area contributed by atoms with Gasteiger partial charge < -0.3 is 10.2 Å². The SMILES string of the molecule is Cl.O=C([C@@H]1CCCN1)N1CCCC1=S. The number of nitrogens with one attached hydrogen (secondary N) is 1. The van der Waals surface area contributed by atoms with Gasteiger partial charge in [0.25, 0.3) is 0 Å². The number of nitrogens with zero attached hydrogens (tertiary/aromatic N) is 1. The van der Waals surface area contributed by atoms with E-state index >= 15 is 0 Å². The highest BCUT2D eigenvalue weighted by Crippen LogP contribution is 2.16. The highest BCUT2D eigenvalue weighted by molar-refractivity contribution is 7.80. The average Bonchev–Trinajstić information content (AvgIpc) is 2.72. The third-order valence-corrected chi connectivity index (χ3v) is 3.12. The van der Waals surface area contributed by atoms with E-state index in [1.54, 1.807) is 4.90 Å². The summed E-state index contributed by atoms with van der Waals surface area (Å²) in [5.74, 6) is 0.194. The number of hydrogen-bond donors (Lipinski definition) is 1. The Bertz CT molecular complexity index is 241. The van der Waals surface area contributed by atoms with Crippen molar-refractivity contribution in [1.82, 2.24) is 10.2 Å². The number of carbonyl (C=O) groups excluding carboxylic acids is 1. The molecule has 80 valence electrons. The molecule has 0 saturated carbocycles. The van der Waals surface area contributed by atoms with Gasteiger partial charge in [0.2, 0.25) is 5.91 Å². The molecule has 0 aromatic rings. The van der Waals surface area contributed by atoms with Crippen molar-refractivity contribution in [2.45, 2.75) is 31.7 Å². The monoisotopic (exact) mass is 234 g/mol. The van der Waals surface area contributed by atoms with E-state index in [1.165, 1.54) is 0 Å². The van der Waals surface area contributed by atoms with Gasteiger partial charge in [-0.25, -0.2) is 0 Å². The van der Waals surface area contributed by atoms with Crippen molar-refractivity contribution in [2.24, 2.45) is 0 Å². The van der Waals surface area contributed by atoms with Gasteiger partial charge in [-0.1, -0.05) is 12.2 Å². The fourth-order valence-electron chi connectivity index (χ4n) is 1.96. The second-order valence-electron chi connectivity index (χ2n) is 3.64. The summed E-state index contributed by atoms with van der Waals surface area (Å²) in [7, 11) is 0. The van der Waals surface area contributed by atoms with Crippen LogP contribution in [0, 0.1) is 0 Å². The normalized spacial score (nSPS) is 26.4. The minimum absolute atomic E-state index is 0. The maximum atomic E-state index is 11.8. The summed E-state index contributed by atoms with van der Waals surface area (Å²) in [6.07, 6.45) is 4.03. The fourth-order valence-corrected chi connectivity index (χ4v) is 2.29. The molecule has 2 saturated heterocycles. The van der Waals surface area contributed by atoms with Crippen LogP contribution in [0.15, 0.2) is 0 Å². The Labute approximate surface area is 95.6 Å². The van der Waals surface area contributed by atoms with E-state index in [-0.39, 0.29) is 24.4 Å². The summed E-state index contributed by atoms with van der Waals surface area (Å²) in [5, 5.41) is 3.20. The molecule has 2 rings (SSSR count). The number of thiocarbonyl (C=S) groups is 1. The lowest BCUT2D eigenvalue weighted by Gasteiger charge is -2.19. The summed E-state index contributed by atoms with van der Waals surface area (Å²) < 4.78 is 0. The Morgan fingerprint density at radius 3 is 2.79 bits per heavy atom.